The van der Waals surface area contributed by atoms with Crippen LogP contribution in [0.1, 0.15) is 48.5 Å². The van der Waals surface area contributed by atoms with E-state index < -0.39 is 11.5 Å². The number of carbonyl (C=O) groups excluding carboxylic acids is 1. The van der Waals surface area contributed by atoms with Crippen LogP contribution in [0.25, 0.3) is 10.9 Å². The molecule has 0 spiro atoms. The highest BCUT2D eigenvalue weighted by Crippen LogP contribution is 2.27. The number of rotatable bonds is 7. The zero-order valence-corrected chi connectivity index (χ0v) is 16.2. The number of aryl methyl sites for hydroxylation is 2. The molecular weight excluding hydrogens is 354 g/mol. The number of hydrogen-bond donors (Lipinski definition) is 2. The molecule has 1 amide bonds. The molecule has 0 atom stereocenters. The molecule has 146 valence electrons. The van der Waals surface area contributed by atoms with E-state index >= 15 is 0 Å². The highest BCUT2D eigenvalue weighted by molar-refractivity contribution is 6.08. The van der Waals surface area contributed by atoms with Crippen molar-refractivity contribution in [3.8, 4) is 5.75 Å². The summed E-state index contributed by atoms with van der Waals surface area (Å²) in [7, 11) is 0. The fourth-order valence-electron chi connectivity index (χ4n) is 3.30. The minimum atomic E-state index is -0.655. The molecule has 28 heavy (non-hydrogen) atoms. The fraction of sp³-hybridized carbons (Fsp3) is 0.318. The number of nitrogens with one attached hydrogen (secondary N) is 1. The van der Waals surface area contributed by atoms with Crippen LogP contribution in [0.2, 0.25) is 0 Å². The standard InChI is InChI=1S/C22H25N3O3/c1-3-4-5-8-14-25-17-12-7-6-11-16(17)19(26)18(22(25)28)21(27)24-20-15(2)10-9-13-23-20/h6-7,9-13,26H,3-5,8,14H2,1-2H3,(H,23,24,27). The van der Waals surface area contributed by atoms with Crippen LogP contribution in [0.5, 0.6) is 5.75 Å². The molecular formula is C22H25N3O3. The summed E-state index contributed by atoms with van der Waals surface area (Å²) in [6, 6.07) is 10.7. The first kappa shape index (κ1) is 19.6. The van der Waals surface area contributed by atoms with Crippen LogP contribution in [-0.4, -0.2) is 20.6 Å². The van der Waals surface area contributed by atoms with Crippen molar-refractivity contribution in [3.05, 3.63) is 64.1 Å². The van der Waals surface area contributed by atoms with Crippen LogP contribution in [-0.2, 0) is 6.54 Å². The highest BCUT2D eigenvalue weighted by atomic mass is 16.3. The molecule has 0 radical (unpaired) electrons. The van der Waals surface area contributed by atoms with E-state index in [4.69, 9.17) is 0 Å². The Balaban J connectivity index is 2.05. The number of unbranched alkanes of at least 4 members (excludes halogenated alkanes) is 3. The van der Waals surface area contributed by atoms with Crippen LogP contribution in [0.3, 0.4) is 0 Å². The summed E-state index contributed by atoms with van der Waals surface area (Å²) < 4.78 is 1.59. The molecule has 2 aromatic heterocycles. The Morgan fingerprint density at radius 3 is 2.68 bits per heavy atom. The van der Waals surface area contributed by atoms with E-state index in [-0.39, 0.29) is 11.3 Å². The van der Waals surface area contributed by atoms with Crippen molar-refractivity contribution in [1.82, 2.24) is 9.55 Å². The van der Waals surface area contributed by atoms with Gasteiger partial charge in [0.15, 0.2) is 0 Å². The van der Waals surface area contributed by atoms with Gasteiger partial charge in [-0.3, -0.25) is 9.59 Å². The molecule has 0 aliphatic carbocycles. The van der Waals surface area contributed by atoms with Crippen LogP contribution in [0, 0.1) is 6.92 Å². The zero-order valence-electron chi connectivity index (χ0n) is 16.2. The van der Waals surface area contributed by atoms with Crippen LogP contribution < -0.4 is 10.9 Å². The number of aromatic hydroxyl groups is 1. The minimum Gasteiger partial charge on any atom is -0.506 e. The smallest absolute Gasteiger partial charge is 0.267 e. The Morgan fingerprint density at radius 1 is 1.14 bits per heavy atom. The number of amides is 1. The molecule has 0 fully saturated rings. The second-order valence-electron chi connectivity index (χ2n) is 6.88. The first-order valence-corrected chi connectivity index (χ1v) is 9.62. The monoisotopic (exact) mass is 379 g/mol. The number of nitrogens with zero attached hydrogens (tertiary/aromatic N) is 2. The van der Waals surface area contributed by atoms with Gasteiger partial charge in [-0.2, -0.15) is 0 Å². The van der Waals surface area contributed by atoms with Crippen molar-refractivity contribution < 1.29 is 9.90 Å². The number of anilines is 1. The number of hydrogen-bond acceptors (Lipinski definition) is 4. The number of carbonyl (C=O) groups is 1. The van der Waals surface area contributed by atoms with Gasteiger partial charge in [0.2, 0.25) is 0 Å². The Kier molecular flexibility index (Phi) is 6.09. The van der Waals surface area contributed by atoms with E-state index in [0.29, 0.717) is 23.3 Å². The number of benzene rings is 1. The van der Waals surface area contributed by atoms with Gasteiger partial charge in [0.05, 0.1) is 5.52 Å². The minimum absolute atomic E-state index is 0.251. The lowest BCUT2D eigenvalue weighted by Crippen LogP contribution is -2.30. The summed E-state index contributed by atoms with van der Waals surface area (Å²) in [5.41, 5.74) is 0.668. The number of pyridine rings is 2. The van der Waals surface area contributed by atoms with Crippen LogP contribution in [0.4, 0.5) is 5.82 Å². The number of fused-ring (bicyclic) bond motifs is 1. The normalized spacial score (nSPS) is 10.9. The molecule has 6 heteroatoms. The molecule has 2 N–H and O–H groups in total. The van der Waals surface area contributed by atoms with Crippen LogP contribution >= 0.6 is 0 Å². The maximum Gasteiger partial charge on any atom is 0.267 e. The first-order valence-electron chi connectivity index (χ1n) is 9.62. The first-order chi connectivity index (χ1) is 13.5. The van der Waals surface area contributed by atoms with Gasteiger partial charge in [0, 0.05) is 18.1 Å². The predicted molar refractivity (Wildman–Crippen MR) is 111 cm³/mol. The SMILES string of the molecule is CCCCCCn1c(=O)c(C(=O)Nc2ncccc2C)c(O)c2ccccc21. The van der Waals surface area contributed by atoms with E-state index in [1.165, 1.54) is 0 Å². The summed E-state index contributed by atoms with van der Waals surface area (Å²) in [6.07, 6.45) is 5.60. The van der Waals surface area contributed by atoms with Gasteiger partial charge in [-0.25, -0.2) is 4.98 Å². The molecule has 0 aliphatic rings. The van der Waals surface area contributed by atoms with Gasteiger partial charge in [0.25, 0.3) is 11.5 Å². The summed E-state index contributed by atoms with van der Waals surface area (Å²) >= 11 is 0. The largest absolute Gasteiger partial charge is 0.506 e. The molecule has 2 heterocycles. The van der Waals surface area contributed by atoms with E-state index in [9.17, 15) is 14.7 Å². The Hall–Kier alpha value is -3.15. The van der Waals surface area contributed by atoms with Crippen molar-refractivity contribution in [2.24, 2.45) is 0 Å². The van der Waals surface area contributed by atoms with Crippen molar-refractivity contribution >= 4 is 22.6 Å². The Labute approximate surface area is 163 Å². The molecule has 0 saturated carbocycles. The fourth-order valence-corrected chi connectivity index (χ4v) is 3.30. The summed E-state index contributed by atoms with van der Waals surface area (Å²) in [5.74, 6) is -0.581. The highest BCUT2D eigenvalue weighted by Gasteiger charge is 2.22. The van der Waals surface area contributed by atoms with Gasteiger partial charge in [-0.05, 0) is 37.1 Å². The summed E-state index contributed by atoms with van der Waals surface area (Å²) in [4.78, 5) is 30.1. The van der Waals surface area contributed by atoms with Crippen molar-refractivity contribution in [3.63, 3.8) is 0 Å². The van der Waals surface area contributed by atoms with Gasteiger partial charge in [-0.15, -0.1) is 0 Å². The maximum atomic E-state index is 13.1. The lowest BCUT2D eigenvalue weighted by molar-refractivity contribution is 0.102. The third-order valence-corrected chi connectivity index (χ3v) is 4.85. The molecule has 0 aliphatic heterocycles. The molecule has 3 aromatic rings. The van der Waals surface area contributed by atoms with Gasteiger partial charge >= 0.3 is 0 Å². The van der Waals surface area contributed by atoms with E-state index in [0.717, 1.165) is 31.2 Å². The molecule has 0 unspecified atom stereocenters. The maximum absolute atomic E-state index is 13.1. The van der Waals surface area contributed by atoms with Crippen molar-refractivity contribution in [2.45, 2.75) is 46.1 Å². The van der Waals surface area contributed by atoms with Gasteiger partial charge in [-0.1, -0.05) is 44.4 Å². The summed E-state index contributed by atoms with van der Waals surface area (Å²) in [5, 5.41) is 13.8. The molecule has 1 aromatic carbocycles. The lowest BCUT2D eigenvalue weighted by Gasteiger charge is -2.15. The molecule has 0 bridgehead atoms. The van der Waals surface area contributed by atoms with Gasteiger partial charge in [0.1, 0.15) is 17.1 Å². The average Bonchev–Trinajstić information content (AvgIpc) is 2.69. The zero-order chi connectivity index (χ0) is 20.1. The molecule has 6 nitrogen and oxygen atoms in total. The van der Waals surface area contributed by atoms with E-state index in [1.807, 2.05) is 19.1 Å². The number of para-hydroxylation sites is 1. The second-order valence-corrected chi connectivity index (χ2v) is 6.88. The Bertz CT molecular complexity index is 1060. The average molecular weight is 379 g/mol. The lowest BCUT2D eigenvalue weighted by atomic mass is 10.1. The van der Waals surface area contributed by atoms with E-state index in [1.54, 1.807) is 35.0 Å². The number of aromatic nitrogens is 2. The van der Waals surface area contributed by atoms with Crippen molar-refractivity contribution in [1.29, 1.82) is 0 Å². The Morgan fingerprint density at radius 2 is 1.93 bits per heavy atom. The van der Waals surface area contributed by atoms with Crippen molar-refractivity contribution in [2.75, 3.05) is 5.32 Å². The third kappa shape index (κ3) is 3.91. The molecule has 0 saturated heterocycles. The summed E-state index contributed by atoms with van der Waals surface area (Å²) in [6.45, 7) is 4.45. The second kappa shape index (κ2) is 8.69. The third-order valence-electron chi connectivity index (χ3n) is 4.85. The quantitative estimate of drug-likeness (QED) is 0.601. The van der Waals surface area contributed by atoms with Crippen LogP contribution in [0.15, 0.2) is 47.4 Å². The molecule has 3 rings (SSSR count). The van der Waals surface area contributed by atoms with Gasteiger partial charge < -0.3 is 15.0 Å². The van der Waals surface area contributed by atoms with E-state index in [2.05, 4.69) is 17.2 Å². The topological polar surface area (TPSA) is 84.2 Å². The predicted octanol–water partition coefficient (Wildman–Crippen LogP) is 4.24.